The molecule has 0 saturated heterocycles. The van der Waals surface area contributed by atoms with Crippen molar-refractivity contribution < 1.29 is 4.79 Å². The highest BCUT2D eigenvalue weighted by Crippen LogP contribution is 2.41. The van der Waals surface area contributed by atoms with Crippen LogP contribution in [0.15, 0.2) is 60.8 Å². The van der Waals surface area contributed by atoms with Gasteiger partial charge >= 0.3 is 0 Å². The smallest absolute Gasteiger partial charge is 0.229 e. The van der Waals surface area contributed by atoms with Crippen molar-refractivity contribution in [3.63, 3.8) is 0 Å². The van der Waals surface area contributed by atoms with E-state index in [9.17, 15) is 4.79 Å². The Bertz CT molecular complexity index is 1250. The van der Waals surface area contributed by atoms with Crippen LogP contribution in [0.2, 0.25) is 0 Å². The Morgan fingerprint density at radius 1 is 0.969 bits per heavy atom. The summed E-state index contributed by atoms with van der Waals surface area (Å²) in [5, 5.41) is 4.29. The maximum Gasteiger partial charge on any atom is 0.229 e. The highest BCUT2D eigenvalue weighted by Gasteiger charge is 2.35. The Morgan fingerprint density at radius 3 is 2.56 bits per heavy atom. The third kappa shape index (κ3) is 3.81. The summed E-state index contributed by atoms with van der Waals surface area (Å²) in [6, 6.07) is 18.9. The predicted molar refractivity (Wildman–Crippen MR) is 131 cm³/mol. The maximum absolute atomic E-state index is 13.2. The third-order valence-corrected chi connectivity index (χ3v) is 6.98. The van der Waals surface area contributed by atoms with Gasteiger partial charge in [-0.2, -0.15) is 0 Å². The molecule has 4 aromatic rings. The monoisotopic (exact) mass is 423 g/mol. The molecule has 2 unspecified atom stereocenters. The number of amides is 1. The van der Waals surface area contributed by atoms with Crippen LogP contribution in [0, 0.1) is 26.7 Å². The number of nitrogens with one attached hydrogen (secondary N) is 2. The molecule has 2 aromatic heterocycles. The molecule has 5 rings (SSSR count). The molecule has 2 heterocycles. The average molecular weight is 424 g/mol. The van der Waals surface area contributed by atoms with Crippen LogP contribution in [-0.2, 0) is 4.79 Å². The van der Waals surface area contributed by atoms with Gasteiger partial charge in [0.2, 0.25) is 5.91 Å². The number of carbonyl (C=O) groups excluding carboxylic acids is 1. The van der Waals surface area contributed by atoms with E-state index >= 15 is 0 Å². The molecule has 0 bridgehead atoms. The van der Waals surface area contributed by atoms with Gasteiger partial charge in [0.1, 0.15) is 5.82 Å². The lowest BCUT2D eigenvalue weighted by Gasteiger charge is -2.18. The van der Waals surface area contributed by atoms with Gasteiger partial charge in [0.15, 0.2) is 0 Å². The van der Waals surface area contributed by atoms with Crippen molar-refractivity contribution in [1.29, 1.82) is 0 Å². The Morgan fingerprint density at radius 2 is 1.78 bits per heavy atom. The van der Waals surface area contributed by atoms with Crippen molar-refractivity contribution >= 4 is 22.6 Å². The molecule has 1 aliphatic rings. The van der Waals surface area contributed by atoms with Crippen LogP contribution in [0.4, 0.5) is 5.82 Å². The molecule has 4 nitrogen and oxygen atoms in total. The fraction of sp³-hybridized carbons (Fsp3) is 0.286. The molecule has 1 aliphatic carbocycles. The number of anilines is 1. The first-order valence-corrected chi connectivity index (χ1v) is 11.4. The summed E-state index contributed by atoms with van der Waals surface area (Å²) in [5.41, 5.74) is 8.34. The number of fused-ring (bicyclic) bond motifs is 1. The van der Waals surface area contributed by atoms with Crippen molar-refractivity contribution in [2.75, 3.05) is 5.32 Å². The number of hydrogen-bond acceptors (Lipinski definition) is 2. The molecule has 2 N–H and O–H groups in total. The topological polar surface area (TPSA) is 57.8 Å². The average Bonchev–Trinajstić information content (AvgIpc) is 3.42. The summed E-state index contributed by atoms with van der Waals surface area (Å²) in [6.07, 6.45) is 4.84. The molecule has 1 amide bonds. The Kier molecular flexibility index (Phi) is 5.30. The molecule has 0 spiro atoms. The van der Waals surface area contributed by atoms with Crippen molar-refractivity contribution in [3.05, 3.63) is 83.2 Å². The number of benzene rings is 2. The lowest BCUT2D eigenvalue weighted by molar-refractivity contribution is -0.120. The van der Waals surface area contributed by atoms with Crippen LogP contribution < -0.4 is 5.32 Å². The maximum atomic E-state index is 13.2. The van der Waals surface area contributed by atoms with Gasteiger partial charge < -0.3 is 10.3 Å². The molecular weight excluding hydrogens is 394 g/mol. The van der Waals surface area contributed by atoms with Crippen molar-refractivity contribution in [3.8, 4) is 11.1 Å². The zero-order chi connectivity index (χ0) is 22.2. The van der Waals surface area contributed by atoms with Gasteiger partial charge in [0.25, 0.3) is 0 Å². The molecule has 32 heavy (non-hydrogen) atoms. The third-order valence-electron chi connectivity index (χ3n) is 6.98. The van der Waals surface area contributed by atoms with Gasteiger partial charge in [-0.15, -0.1) is 0 Å². The molecule has 4 heteroatoms. The minimum Gasteiger partial charge on any atom is -0.358 e. The fourth-order valence-corrected chi connectivity index (χ4v) is 5.01. The molecule has 1 fully saturated rings. The van der Waals surface area contributed by atoms with E-state index in [1.54, 1.807) is 0 Å². The summed E-state index contributed by atoms with van der Waals surface area (Å²) in [6.45, 7) is 6.38. The first kappa shape index (κ1) is 20.5. The van der Waals surface area contributed by atoms with Crippen molar-refractivity contribution in [2.24, 2.45) is 5.92 Å². The Hall–Kier alpha value is -3.40. The zero-order valence-corrected chi connectivity index (χ0v) is 18.9. The highest BCUT2D eigenvalue weighted by atomic mass is 16.2. The Balaban J connectivity index is 1.33. The summed E-state index contributed by atoms with van der Waals surface area (Å²) >= 11 is 0. The number of H-pyrrole nitrogens is 1. The second kappa shape index (κ2) is 8.27. The quantitative estimate of drug-likeness (QED) is 0.385. The fourth-order valence-electron chi connectivity index (χ4n) is 5.01. The number of aryl methyl sites for hydroxylation is 3. The number of carbonyl (C=O) groups is 1. The molecule has 162 valence electrons. The second-order valence-corrected chi connectivity index (χ2v) is 9.13. The molecule has 2 atom stereocenters. The first-order valence-electron chi connectivity index (χ1n) is 11.4. The normalized spacial score (nSPS) is 18.2. The van der Waals surface area contributed by atoms with Crippen LogP contribution in [0.25, 0.3) is 22.0 Å². The van der Waals surface area contributed by atoms with E-state index in [0.717, 1.165) is 35.9 Å². The van der Waals surface area contributed by atoms with E-state index in [0.29, 0.717) is 5.82 Å². The molecule has 2 aromatic carbocycles. The van der Waals surface area contributed by atoms with E-state index in [-0.39, 0.29) is 17.7 Å². The summed E-state index contributed by atoms with van der Waals surface area (Å²) < 4.78 is 0. The van der Waals surface area contributed by atoms with E-state index in [4.69, 9.17) is 0 Å². The molecule has 1 saturated carbocycles. The standard InChI is InChI=1S/C28H29N3O/c1-17-7-4-5-8-22(17)20-11-12-27(29-16-20)31-28(32)24-10-6-9-23(24)26-15-21-13-18(2)19(3)14-25(21)30-26/h4-5,7-8,11-16,23-24,30H,6,9-10H2,1-3H3,(H,29,31,32). The lowest BCUT2D eigenvalue weighted by atomic mass is 9.92. The minimum absolute atomic E-state index is 0.0388. The van der Waals surface area contributed by atoms with E-state index in [1.807, 2.05) is 30.5 Å². The lowest BCUT2D eigenvalue weighted by Crippen LogP contribution is -2.25. The van der Waals surface area contributed by atoms with Gasteiger partial charge in [-0.25, -0.2) is 4.98 Å². The van der Waals surface area contributed by atoms with E-state index < -0.39 is 0 Å². The van der Waals surface area contributed by atoms with Crippen LogP contribution in [0.1, 0.15) is 47.6 Å². The van der Waals surface area contributed by atoms with Gasteiger partial charge in [-0.3, -0.25) is 4.79 Å². The van der Waals surface area contributed by atoms with E-state index in [2.05, 4.69) is 66.4 Å². The van der Waals surface area contributed by atoms with Gasteiger partial charge in [-0.1, -0.05) is 30.7 Å². The number of pyridine rings is 1. The van der Waals surface area contributed by atoms with Crippen LogP contribution in [0.5, 0.6) is 0 Å². The zero-order valence-electron chi connectivity index (χ0n) is 18.9. The van der Waals surface area contributed by atoms with Crippen LogP contribution in [-0.4, -0.2) is 15.9 Å². The first-order chi connectivity index (χ1) is 15.5. The number of aromatic amines is 1. The SMILES string of the molecule is Cc1cc2cc(C3CCCC3C(=O)Nc3ccc(-c4ccccc4C)cn3)[nH]c2cc1C. The van der Waals surface area contributed by atoms with Gasteiger partial charge in [0, 0.05) is 34.8 Å². The minimum atomic E-state index is -0.0388. The van der Waals surface area contributed by atoms with Crippen molar-refractivity contribution in [2.45, 2.75) is 46.0 Å². The van der Waals surface area contributed by atoms with Crippen molar-refractivity contribution in [1.82, 2.24) is 9.97 Å². The number of hydrogen-bond donors (Lipinski definition) is 2. The highest BCUT2D eigenvalue weighted by molar-refractivity contribution is 5.93. The molecule has 0 aliphatic heterocycles. The largest absolute Gasteiger partial charge is 0.358 e. The number of nitrogens with zero attached hydrogens (tertiary/aromatic N) is 1. The molecular formula is C28H29N3O. The predicted octanol–water partition coefficient (Wildman–Crippen LogP) is 6.68. The summed E-state index contributed by atoms with van der Waals surface area (Å²) in [5.74, 6) is 0.855. The Labute approximate surface area is 189 Å². The number of rotatable bonds is 4. The summed E-state index contributed by atoms with van der Waals surface area (Å²) in [4.78, 5) is 21.3. The second-order valence-electron chi connectivity index (χ2n) is 9.13. The van der Waals surface area contributed by atoms with Gasteiger partial charge in [-0.05, 0) is 91.6 Å². The van der Waals surface area contributed by atoms with Crippen LogP contribution >= 0.6 is 0 Å². The van der Waals surface area contributed by atoms with Gasteiger partial charge in [0.05, 0.1) is 0 Å². The van der Waals surface area contributed by atoms with E-state index in [1.165, 1.54) is 27.8 Å². The summed E-state index contributed by atoms with van der Waals surface area (Å²) in [7, 11) is 0. The molecule has 0 radical (unpaired) electrons. The number of aromatic nitrogens is 2. The van der Waals surface area contributed by atoms with Crippen LogP contribution in [0.3, 0.4) is 0 Å².